The molecule has 1 N–H and O–H groups in total. The number of halogens is 1. The summed E-state index contributed by atoms with van der Waals surface area (Å²) in [5, 5.41) is 12.7. The van der Waals surface area contributed by atoms with Gasteiger partial charge in [-0.2, -0.15) is 0 Å². The van der Waals surface area contributed by atoms with Gasteiger partial charge in [0.2, 0.25) is 5.13 Å². The summed E-state index contributed by atoms with van der Waals surface area (Å²) >= 11 is 1.23. The quantitative estimate of drug-likeness (QED) is 0.667. The summed E-state index contributed by atoms with van der Waals surface area (Å²) in [4.78, 5) is 17.5. The van der Waals surface area contributed by atoms with Crippen molar-refractivity contribution in [3.05, 3.63) is 76.5 Å². The van der Waals surface area contributed by atoms with Gasteiger partial charge in [-0.25, -0.2) is 14.2 Å². The standard InChI is InChI=1S/C18H17FN4O2S/c1-23(25-12-13-6-3-2-4-7-13)18(24)20-17-22-21-16(26-17)11-14-8-5-9-15(19)10-14/h2-10H,11-12H2,1H3,(H,20,22,24). The predicted octanol–water partition coefficient (Wildman–Crippen LogP) is 3.86. The molecule has 134 valence electrons. The zero-order valence-corrected chi connectivity index (χ0v) is 14.9. The van der Waals surface area contributed by atoms with Crippen molar-refractivity contribution in [2.75, 3.05) is 12.4 Å². The number of nitrogens with zero attached hydrogens (tertiary/aromatic N) is 3. The summed E-state index contributed by atoms with van der Waals surface area (Å²) in [5.74, 6) is -0.294. The van der Waals surface area contributed by atoms with Crippen LogP contribution in [0.2, 0.25) is 0 Å². The highest BCUT2D eigenvalue weighted by Crippen LogP contribution is 2.19. The molecule has 0 fully saturated rings. The fourth-order valence-electron chi connectivity index (χ4n) is 2.17. The molecule has 0 saturated carbocycles. The highest BCUT2D eigenvalue weighted by molar-refractivity contribution is 7.15. The van der Waals surface area contributed by atoms with Crippen molar-refractivity contribution in [1.82, 2.24) is 15.3 Å². The Labute approximate surface area is 154 Å². The van der Waals surface area contributed by atoms with Gasteiger partial charge in [-0.3, -0.25) is 10.2 Å². The smallest absolute Gasteiger partial charge is 0.280 e. The molecule has 0 atom stereocenters. The molecule has 1 aromatic heterocycles. The van der Waals surface area contributed by atoms with E-state index in [9.17, 15) is 9.18 Å². The maximum atomic E-state index is 13.2. The number of amides is 2. The largest absolute Gasteiger partial charge is 0.347 e. The van der Waals surface area contributed by atoms with E-state index in [0.29, 0.717) is 16.6 Å². The lowest BCUT2D eigenvalue weighted by Gasteiger charge is -2.16. The monoisotopic (exact) mass is 372 g/mol. The number of urea groups is 1. The van der Waals surface area contributed by atoms with Gasteiger partial charge in [-0.1, -0.05) is 53.8 Å². The minimum atomic E-state index is -0.450. The highest BCUT2D eigenvalue weighted by Gasteiger charge is 2.13. The minimum absolute atomic E-state index is 0.283. The number of hydrogen-bond donors (Lipinski definition) is 1. The Morgan fingerprint density at radius 1 is 1.15 bits per heavy atom. The van der Waals surface area contributed by atoms with Crippen molar-refractivity contribution in [2.24, 2.45) is 0 Å². The molecule has 0 aliphatic rings. The van der Waals surface area contributed by atoms with Crippen LogP contribution in [0.25, 0.3) is 0 Å². The molecule has 0 aliphatic heterocycles. The van der Waals surface area contributed by atoms with Crippen molar-refractivity contribution < 1.29 is 14.0 Å². The van der Waals surface area contributed by atoms with E-state index < -0.39 is 6.03 Å². The molecule has 8 heteroatoms. The summed E-state index contributed by atoms with van der Waals surface area (Å²) < 4.78 is 13.2. The number of nitrogens with one attached hydrogen (secondary N) is 1. The summed E-state index contributed by atoms with van der Waals surface area (Å²) in [5.41, 5.74) is 1.75. The van der Waals surface area contributed by atoms with E-state index in [1.54, 1.807) is 6.07 Å². The summed E-state index contributed by atoms with van der Waals surface area (Å²) in [7, 11) is 1.52. The second-order valence-electron chi connectivity index (χ2n) is 5.49. The van der Waals surface area contributed by atoms with E-state index in [0.717, 1.165) is 16.2 Å². The number of carbonyl (C=O) groups excluding carboxylic acids is 1. The molecule has 2 amide bonds. The Balaban J connectivity index is 1.52. The van der Waals surface area contributed by atoms with E-state index in [1.807, 2.05) is 36.4 Å². The molecular weight excluding hydrogens is 355 g/mol. The van der Waals surface area contributed by atoms with Crippen LogP contribution in [0.1, 0.15) is 16.1 Å². The van der Waals surface area contributed by atoms with E-state index in [2.05, 4.69) is 15.5 Å². The molecular formula is C18H17FN4O2S. The molecule has 6 nitrogen and oxygen atoms in total. The number of aromatic nitrogens is 2. The molecule has 3 aromatic rings. The Kier molecular flexibility index (Phi) is 5.88. The lowest BCUT2D eigenvalue weighted by atomic mass is 10.1. The third-order valence-electron chi connectivity index (χ3n) is 3.48. The Bertz CT molecular complexity index is 872. The predicted molar refractivity (Wildman–Crippen MR) is 97.1 cm³/mol. The van der Waals surface area contributed by atoms with Gasteiger partial charge in [0.25, 0.3) is 0 Å². The normalized spacial score (nSPS) is 10.5. The SMILES string of the molecule is CN(OCc1ccccc1)C(=O)Nc1nnc(Cc2cccc(F)c2)s1. The first-order valence-corrected chi connectivity index (χ1v) is 8.70. The summed E-state index contributed by atoms with van der Waals surface area (Å²) in [6, 6.07) is 15.4. The number of anilines is 1. The van der Waals surface area contributed by atoms with Gasteiger partial charge in [0, 0.05) is 13.5 Å². The van der Waals surface area contributed by atoms with Crippen LogP contribution in [-0.2, 0) is 17.9 Å². The molecule has 0 aliphatic carbocycles. The van der Waals surface area contributed by atoms with Gasteiger partial charge in [0.1, 0.15) is 17.4 Å². The van der Waals surface area contributed by atoms with Gasteiger partial charge in [-0.15, -0.1) is 10.2 Å². The topological polar surface area (TPSA) is 67.3 Å². The fraction of sp³-hybridized carbons (Fsp3) is 0.167. The van der Waals surface area contributed by atoms with E-state index >= 15 is 0 Å². The van der Waals surface area contributed by atoms with Crippen molar-refractivity contribution in [2.45, 2.75) is 13.0 Å². The molecule has 0 unspecified atom stereocenters. The number of benzene rings is 2. The van der Waals surface area contributed by atoms with Crippen molar-refractivity contribution in [1.29, 1.82) is 0 Å². The maximum absolute atomic E-state index is 13.2. The number of rotatable bonds is 6. The van der Waals surface area contributed by atoms with Crippen LogP contribution >= 0.6 is 11.3 Å². The van der Waals surface area contributed by atoms with Crippen LogP contribution in [-0.4, -0.2) is 28.3 Å². The van der Waals surface area contributed by atoms with Crippen molar-refractivity contribution >= 4 is 22.5 Å². The maximum Gasteiger partial charge on any atom is 0.347 e. The lowest BCUT2D eigenvalue weighted by Crippen LogP contribution is -2.31. The third-order valence-corrected chi connectivity index (χ3v) is 4.32. The van der Waals surface area contributed by atoms with Gasteiger partial charge in [0.15, 0.2) is 0 Å². The zero-order valence-electron chi connectivity index (χ0n) is 14.1. The highest BCUT2D eigenvalue weighted by atomic mass is 32.1. The van der Waals surface area contributed by atoms with Gasteiger partial charge in [0.05, 0.1) is 0 Å². The van der Waals surface area contributed by atoms with Crippen LogP contribution in [0.4, 0.5) is 14.3 Å². The fourth-order valence-corrected chi connectivity index (χ4v) is 2.94. The molecule has 0 spiro atoms. The van der Waals surface area contributed by atoms with Crippen LogP contribution in [0.3, 0.4) is 0 Å². The van der Waals surface area contributed by atoms with Gasteiger partial charge >= 0.3 is 6.03 Å². The Morgan fingerprint density at radius 3 is 2.69 bits per heavy atom. The Morgan fingerprint density at radius 2 is 1.92 bits per heavy atom. The lowest BCUT2D eigenvalue weighted by molar-refractivity contribution is -0.105. The molecule has 3 rings (SSSR count). The van der Waals surface area contributed by atoms with Gasteiger partial charge < -0.3 is 0 Å². The van der Waals surface area contributed by atoms with E-state index in [1.165, 1.54) is 30.5 Å². The molecule has 0 saturated heterocycles. The number of carbonyl (C=O) groups is 1. The average Bonchev–Trinajstić information content (AvgIpc) is 3.07. The van der Waals surface area contributed by atoms with Crippen molar-refractivity contribution in [3.8, 4) is 0 Å². The molecule has 0 radical (unpaired) electrons. The average molecular weight is 372 g/mol. The van der Waals surface area contributed by atoms with Crippen LogP contribution in [0, 0.1) is 5.82 Å². The molecule has 26 heavy (non-hydrogen) atoms. The summed E-state index contributed by atoms with van der Waals surface area (Å²) in [6.07, 6.45) is 0.450. The molecule has 2 aromatic carbocycles. The minimum Gasteiger partial charge on any atom is -0.280 e. The first-order valence-electron chi connectivity index (χ1n) is 7.88. The first-order chi connectivity index (χ1) is 12.6. The second kappa shape index (κ2) is 8.50. The third kappa shape index (κ3) is 5.08. The van der Waals surface area contributed by atoms with Crippen LogP contribution < -0.4 is 5.32 Å². The first kappa shape index (κ1) is 18.0. The van der Waals surface area contributed by atoms with Crippen LogP contribution in [0.15, 0.2) is 54.6 Å². The van der Waals surface area contributed by atoms with E-state index in [4.69, 9.17) is 4.84 Å². The van der Waals surface area contributed by atoms with Crippen molar-refractivity contribution in [3.63, 3.8) is 0 Å². The van der Waals surface area contributed by atoms with E-state index in [-0.39, 0.29) is 12.4 Å². The second-order valence-corrected chi connectivity index (χ2v) is 6.56. The summed E-state index contributed by atoms with van der Waals surface area (Å²) in [6.45, 7) is 0.283. The Hall–Kier alpha value is -2.84. The zero-order chi connectivity index (χ0) is 18.4. The number of hydroxylamine groups is 2. The van der Waals surface area contributed by atoms with Crippen LogP contribution in [0.5, 0.6) is 0 Å². The van der Waals surface area contributed by atoms with Gasteiger partial charge in [-0.05, 0) is 23.3 Å². The number of hydrogen-bond acceptors (Lipinski definition) is 5. The molecule has 1 heterocycles. The molecule has 0 bridgehead atoms.